The van der Waals surface area contributed by atoms with Crippen LogP contribution in [-0.4, -0.2) is 51.0 Å². The molecule has 2 aliphatic rings. The fourth-order valence-electron chi connectivity index (χ4n) is 3.76. The highest BCUT2D eigenvalue weighted by Gasteiger charge is 2.29. The molecule has 7 nitrogen and oxygen atoms in total. The number of alkyl halides is 1. The molecule has 3 aromatic rings. The molecule has 1 aliphatic carbocycles. The van der Waals surface area contributed by atoms with Crippen molar-refractivity contribution in [3.63, 3.8) is 0 Å². The highest BCUT2D eigenvalue weighted by atomic mass is 19.1. The van der Waals surface area contributed by atoms with Gasteiger partial charge in [-0.3, -0.25) is 14.8 Å². The number of hydrogen-bond donors (Lipinski definition) is 2. The zero-order chi connectivity index (χ0) is 20.5. The number of anilines is 1. The number of rotatable bonds is 6. The van der Waals surface area contributed by atoms with Crippen molar-refractivity contribution in [3.8, 4) is 11.4 Å². The van der Waals surface area contributed by atoms with E-state index in [0.717, 1.165) is 36.0 Å². The minimum absolute atomic E-state index is 0.219. The lowest BCUT2D eigenvalue weighted by atomic mass is 10.1. The van der Waals surface area contributed by atoms with E-state index in [0.29, 0.717) is 36.6 Å². The third kappa shape index (κ3) is 4.14. The Morgan fingerprint density at radius 3 is 2.87 bits per heavy atom. The second kappa shape index (κ2) is 8.02. The topological polar surface area (TPSA) is 92.7 Å². The van der Waals surface area contributed by atoms with E-state index in [2.05, 4.69) is 25.6 Å². The molecule has 0 aromatic carbocycles. The number of nitrogens with one attached hydrogen (secondary N) is 2. The molecule has 0 unspecified atom stereocenters. The number of halogens is 1. The maximum atomic E-state index is 14.1. The van der Waals surface area contributed by atoms with Crippen LogP contribution in [0.4, 0.5) is 10.2 Å². The molecular formula is C22H23FN6O. The quantitative estimate of drug-likeness (QED) is 0.650. The van der Waals surface area contributed by atoms with Crippen molar-refractivity contribution in [2.45, 2.75) is 37.9 Å². The van der Waals surface area contributed by atoms with Crippen molar-refractivity contribution in [2.24, 2.45) is 5.92 Å². The average Bonchev–Trinajstić information content (AvgIpc) is 3.61. The van der Waals surface area contributed by atoms with Crippen molar-refractivity contribution in [1.29, 1.82) is 0 Å². The minimum atomic E-state index is -0.965. The standard InChI is InChI=1S/C22H23FN6O/c23-16-10-24-6-5-17(16)28-22-12-25-11-20(29-22)18-4-3-14-9-26-15(7-19(14)27-18)8-21(30)13-1-2-13/h3-4,7,9,11-13,16-17,24H,1-2,5-6,8,10H2,(H,28,29)/t16-,17-/m0/s1. The summed E-state index contributed by atoms with van der Waals surface area (Å²) in [5, 5.41) is 7.11. The Bertz CT molecular complexity index is 1090. The highest BCUT2D eigenvalue weighted by molar-refractivity contribution is 5.86. The molecular weight excluding hydrogens is 383 g/mol. The predicted octanol–water partition coefficient (Wildman–Crippen LogP) is 2.72. The Labute approximate surface area is 173 Å². The Morgan fingerprint density at radius 1 is 1.13 bits per heavy atom. The van der Waals surface area contributed by atoms with E-state index in [4.69, 9.17) is 4.98 Å². The molecule has 1 saturated heterocycles. The maximum absolute atomic E-state index is 14.1. The van der Waals surface area contributed by atoms with Crippen LogP contribution >= 0.6 is 0 Å². The van der Waals surface area contributed by atoms with Crippen LogP contribution in [0.1, 0.15) is 25.0 Å². The van der Waals surface area contributed by atoms with E-state index in [9.17, 15) is 9.18 Å². The zero-order valence-corrected chi connectivity index (χ0v) is 16.5. The van der Waals surface area contributed by atoms with Gasteiger partial charge < -0.3 is 10.6 Å². The molecule has 30 heavy (non-hydrogen) atoms. The lowest BCUT2D eigenvalue weighted by Crippen LogP contribution is -2.45. The van der Waals surface area contributed by atoms with Gasteiger partial charge in [0.1, 0.15) is 23.5 Å². The van der Waals surface area contributed by atoms with E-state index in [1.165, 1.54) is 0 Å². The van der Waals surface area contributed by atoms with Gasteiger partial charge >= 0.3 is 0 Å². The summed E-state index contributed by atoms with van der Waals surface area (Å²) in [7, 11) is 0. The SMILES string of the molecule is O=C(Cc1cc2nc(-c3cncc(N[C@H]4CCNC[C@@H]4F)n3)ccc2cn1)C1CC1. The lowest BCUT2D eigenvalue weighted by molar-refractivity contribution is -0.119. The summed E-state index contributed by atoms with van der Waals surface area (Å²) in [5.41, 5.74) is 2.79. The molecule has 5 rings (SSSR count). The lowest BCUT2D eigenvalue weighted by Gasteiger charge is -2.27. The summed E-state index contributed by atoms with van der Waals surface area (Å²) in [6.45, 7) is 1.12. The number of aromatic nitrogens is 4. The van der Waals surface area contributed by atoms with Crippen molar-refractivity contribution < 1.29 is 9.18 Å². The van der Waals surface area contributed by atoms with E-state index < -0.39 is 6.17 Å². The molecule has 2 atom stereocenters. The molecule has 0 amide bonds. The third-order valence-corrected chi connectivity index (χ3v) is 5.66. The van der Waals surface area contributed by atoms with Crippen molar-refractivity contribution in [2.75, 3.05) is 18.4 Å². The summed E-state index contributed by atoms with van der Waals surface area (Å²) in [6, 6.07) is 5.40. The van der Waals surface area contributed by atoms with Crippen LogP contribution < -0.4 is 10.6 Å². The van der Waals surface area contributed by atoms with Gasteiger partial charge in [0.15, 0.2) is 0 Å². The van der Waals surface area contributed by atoms with Gasteiger partial charge in [0.25, 0.3) is 0 Å². The van der Waals surface area contributed by atoms with Crippen LogP contribution in [0.15, 0.2) is 36.8 Å². The first-order valence-corrected chi connectivity index (χ1v) is 10.4. The second-order valence-corrected chi connectivity index (χ2v) is 8.03. The monoisotopic (exact) mass is 406 g/mol. The van der Waals surface area contributed by atoms with Gasteiger partial charge in [0.2, 0.25) is 0 Å². The van der Waals surface area contributed by atoms with Crippen LogP contribution in [0.5, 0.6) is 0 Å². The van der Waals surface area contributed by atoms with E-state index in [1.54, 1.807) is 18.6 Å². The maximum Gasteiger partial charge on any atom is 0.145 e. The first kappa shape index (κ1) is 19.0. The van der Waals surface area contributed by atoms with Gasteiger partial charge in [-0.1, -0.05) is 0 Å². The molecule has 2 fully saturated rings. The van der Waals surface area contributed by atoms with Gasteiger partial charge in [-0.15, -0.1) is 0 Å². The smallest absolute Gasteiger partial charge is 0.145 e. The first-order chi connectivity index (χ1) is 14.7. The predicted molar refractivity (Wildman–Crippen MR) is 112 cm³/mol. The van der Waals surface area contributed by atoms with E-state index in [1.807, 2.05) is 18.2 Å². The number of ketones is 1. The van der Waals surface area contributed by atoms with Crippen molar-refractivity contribution in [3.05, 3.63) is 42.5 Å². The molecule has 4 heterocycles. The third-order valence-electron chi connectivity index (χ3n) is 5.66. The summed E-state index contributed by atoms with van der Waals surface area (Å²) in [4.78, 5) is 30.1. The van der Waals surface area contributed by atoms with Crippen LogP contribution in [0, 0.1) is 5.92 Å². The Hall–Kier alpha value is -3.00. The fourth-order valence-corrected chi connectivity index (χ4v) is 3.76. The Morgan fingerprint density at radius 2 is 2.03 bits per heavy atom. The van der Waals surface area contributed by atoms with Crippen LogP contribution in [0.3, 0.4) is 0 Å². The summed E-state index contributed by atoms with van der Waals surface area (Å²) in [6.07, 6.45) is 7.08. The van der Waals surface area contributed by atoms with Crippen LogP contribution in [-0.2, 0) is 11.2 Å². The molecule has 3 aromatic heterocycles. The van der Waals surface area contributed by atoms with Gasteiger partial charge in [-0.2, -0.15) is 0 Å². The normalized spacial score (nSPS) is 21.5. The largest absolute Gasteiger partial charge is 0.363 e. The molecule has 0 radical (unpaired) electrons. The molecule has 1 saturated carbocycles. The number of piperidine rings is 1. The molecule has 0 spiro atoms. The number of Topliss-reactive ketones (excluding diaryl/α,β-unsaturated/α-hetero) is 1. The molecule has 154 valence electrons. The summed E-state index contributed by atoms with van der Waals surface area (Å²) < 4.78 is 14.1. The number of fused-ring (bicyclic) bond motifs is 1. The van der Waals surface area contributed by atoms with Gasteiger partial charge in [-0.25, -0.2) is 14.4 Å². The number of pyridine rings is 2. The second-order valence-electron chi connectivity index (χ2n) is 8.03. The van der Waals surface area contributed by atoms with Gasteiger partial charge in [0, 0.05) is 36.2 Å². The van der Waals surface area contributed by atoms with E-state index in [-0.39, 0.29) is 17.7 Å². The van der Waals surface area contributed by atoms with Crippen LogP contribution in [0.2, 0.25) is 0 Å². The highest BCUT2D eigenvalue weighted by Crippen LogP contribution is 2.31. The minimum Gasteiger partial charge on any atom is -0.363 e. The zero-order valence-electron chi connectivity index (χ0n) is 16.5. The number of carbonyl (C=O) groups is 1. The first-order valence-electron chi connectivity index (χ1n) is 10.4. The summed E-state index contributed by atoms with van der Waals surface area (Å²) in [5.74, 6) is 1.01. The summed E-state index contributed by atoms with van der Waals surface area (Å²) >= 11 is 0. The average molecular weight is 406 g/mol. The molecule has 8 heteroatoms. The number of carbonyl (C=O) groups excluding carboxylic acids is 1. The number of nitrogens with zero attached hydrogens (tertiary/aromatic N) is 4. The van der Waals surface area contributed by atoms with Crippen molar-refractivity contribution >= 4 is 22.5 Å². The van der Waals surface area contributed by atoms with Crippen LogP contribution in [0.25, 0.3) is 22.3 Å². The van der Waals surface area contributed by atoms with Gasteiger partial charge in [0.05, 0.1) is 29.6 Å². The Balaban J connectivity index is 1.38. The van der Waals surface area contributed by atoms with E-state index >= 15 is 0 Å². The molecule has 1 aliphatic heterocycles. The Kier molecular flexibility index (Phi) is 5.08. The molecule has 2 N–H and O–H groups in total. The van der Waals surface area contributed by atoms with Gasteiger partial charge in [-0.05, 0) is 44.0 Å². The number of hydrogen-bond acceptors (Lipinski definition) is 7. The van der Waals surface area contributed by atoms with Crippen molar-refractivity contribution in [1.82, 2.24) is 25.3 Å². The fraction of sp³-hybridized carbons (Fsp3) is 0.409. The molecule has 0 bridgehead atoms.